The Morgan fingerprint density at radius 1 is 1.39 bits per heavy atom. The molecule has 0 bridgehead atoms. The number of hydrogen-bond donors (Lipinski definition) is 2. The lowest BCUT2D eigenvalue weighted by Crippen LogP contribution is -2.44. The Morgan fingerprint density at radius 3 is 2.39 bits per heavy atom. The Hall–Kier alpha value is -1.07. The highest BCUT2D eigenvalue weighted by Gasteiger charge is 2.47. The van der Waals surface area contributed by atoms with Gasteiger partial charge in [0.1, 0.15) is 7.05 Å². The van der Waals surface area contributed by atoms with Crippen molar-refractivity contribution in [3.63, 3.8) is 0 Å². The Labute approximate surface area is 112 Å². The third kappa shape index (κ3) is 1.91. The highest BCUT2D eigenvalue weighted by Crippen LogP contribution is 2.41. The quantitative estimate of drug-likeness (QED) is 0.810. The lowest BCUT2D eigenvalue weighted by atomic mass is 10.1. The first-order chi connectivity index (χ1) is 8.39. The molecular weight excluding hydrogens is 250 g/mol. The summed E-state index contributed by atoms with van der Waals surface area (Å²) in [6.45, 7) is 2.32. The van der Waals surface area contributed by atoms with Crippen molar-refractivity contribution in [3.05, 3.63) is 46.2 Å². The van der Waals surface area contributed by atoms with Gasteiger partial charge < -0.3 is 10.6 Å². The van der Waals surface area contributed by atoms with Gasteiger partial charge >= 0.3 is 0 Å². The van der Waals surface area contributed by atoms with Gasteiger partial charge in [-0.15, -0.1) is 4.65 Å². The first-order valence-corrected chi connectivity index (χ1v) is 6.25. The molecule has 1 aliphatic heterocycles. The summed E-state index contributed by atoms with van der Waals surface area (Å²) in [4.78, 5) is 2.05. The number of benzene rings is 1. The molecule has 5 heteroatoms. The summed E-state index contributed by atoms with van der Waals surface area (Å²) >= 11 is 5.90. The van der Waals surface area contributed by atoms with Crippen LogP contribution in [-0.2, 0) is 0 Å². The number of halogens is 1. The largest absolute Gasteiger partial charge is 0.322 e. The van der Waals surface area contributed by atoms with Gasteiger partial charge in [-0.25, -0.2) is 5.21 Å². The zero-order valence-corrected chi connectivity index (χ0v) is 11.6. The maximum Gasteiger partial charge on any atom is 0.225 e. The van der Waals surface area contributed by atoms with Crippen LogP contribution in [0.1, 0.15) is 18.7 Å². The molecule has 4 nitrogen and oxygen atoms in total. The molecule has 0 saturated carbocycles. The van der Waals surface area contributed by atoms with Gasteiger partial charge in [0.15, 0.2) is 5.70 Å². The molecule has 2 rings (SSSR count). The third-order valence-electron chi connectivity index (χ3n) is 3.70. The fourth-order valence-corrected chi connectivity index (χ4v) is 2.81. The van der Waals surface area contributed by atoms with Crippen LogP contribution in [0.25, 0.3) is 0 Å². The van der Waals surface area contributed by atoms with Crippen LogP contribution < -0.4 is 5.73 Å². The van der Waals surface area contributed by atoms with Crippen molar-refractivity contribution in [2.45, 2.75) is 13.1 Å². The summed E-state index contributed by atoms with van der Waals surface area (Å²) in [5, 5.41) is 11.4. The van der Waals surface area contributed by atoms with Crippen molar-refractivity contribution in [1.29, 1.82) is 0 Å². The fourth-order valence-electron chi connectivity index (χ4n) is 2.68. The predicted octanol–water partition coefficient (Wildman–Crippen LogP) is 2.31. The number of hydroxylamine groups is 3. The van der Waals surface area contributed by atoms with E-state index in [4.69, 9.17) is 17.3 Å². The van der Waals surface area contributed by atoms with Crippen LogP contribution in [-0.4, -0.2) is 35.4 Å². The number of nitrogens with zero attached hydrogens (tertiary/aromatic N) is 2. The van der Waals surface area contributed by atoms with Crippen molar-refractivity contribution in [2.75, 3.05) is 20.6 Å². The zero-order chi connectivity index (χ0) is 13.5. The van der Waals surface area contributed by atoms with Crippen molar-refractivity contribution >= 4 is 11.6 Å². The second-order valence-corrected chi connectivity index (χ2v) is 5.24. The molecule has 0 radical (unpaired) electrons. The second-order valence-electron chi connectivity index (χ2n) is 4.80. The normalized spacial score (nSPS) is 28.1. The van der Waals surface area contributed by atoms with Crippen LogP contribution in [0.4, 0.5) is 0 Å². The SMILES string of the molecule is CC1=C(CN)[N+](C)(O)C(c2ccc(Cl)cc2)N1C. The van der Waals surface area contributed by atoms with Crippen molar-refractivity contribution in [3.8, 4) is 0 Å². The molecule has 1 aromatic carbocycles. The number of allylic oxidation sites excluding steroid dienone is 1. The minimum absolute atomic E-state index is 0.180. The van der Waals surface area contributed by atoms with E-state index < -0.39 is 0 Å². The van der Waals surface area contributed by atoms with E-state index in [1.807, 2.05) is 43.1 Å². The maximum atomic E-state index is 10.7. The predicted molar refractivity (Wildman–Crippen MR) is 71.7 cm³/mol. The minimum atomic E-state index is -0.222. The highest BCUT2D eigenvalue weighted by molar-refractivity contribution is 6.30. The smallest absolute Gasteiger partial charge is 0.225 e. The van der Waals surface area contributed by atoms with E-state index in [0.717, 1.165) is 17.0 Å². The minimum Gasteiger partial charge on any atom is -0.322 e. The molecule has 0 aromatic heterocycles. The standard InChI is InChI=1S/C13H19ClN3O/c1-9-12(8-15)17(3,18)13(16(9)2)10-4-6-11(14)7-5-10/h4-7,13,18H,8,15H2,1-3H3/q+1. The van der Waals surface area contributed by atoms with Crippen molar-refractivity contribution in [2.24, 2.45) is 5.73 Å². The van der Waals surface area contributed by atoms with Crippen LogP contribution in [0.15, 0.2) is 35.7 Å². The first-order valence-electron chi connectivity index (χ1n) is 5.87. The van der Waals surface area contributed by atoms with Gasteiger partial charge in [0.25, 0.3) is 0 Å². The molecule has 1 aromatic rings. The maximum absolute atomic E-state index is 10.7. The van der Waals surface area contributed by atoms with Crippen molar-refractivity contribution in [1.82, 2.24) is 4.90 Å². The number of quaternary nitrogens is 1. The Balaban J connectivity index is 2.45. The van der Waals surface area contributed by atoms with E-state index >= 15 is 0 Å². The molecular formula is C13H19ClN3O+. The topological polar surface area (TPSA) is 49.5 Å². The zero-order valence-electron chi connectivity index (χ0n) is 10.9. The van der Waals surface area contributed by atoms with E-state index in [-0.39, 0.29) is 10.8 Å². The van der Waals surface area contributed by atoms with Crippen LogP contribution in [0.3, 0.4) is 0 Å². The number of rotatable bonds is 2. The summed E-state index contributed by atoms with van der Waals surface area (Å²) in [6, 6.07) is 7.53. The lowest BCUT2D eigenvalue weighted by molar-refractivity contribution is -1.08. The Kier molecular flexibility index (Phi) is 3.38. The van der Waals surface area contributed by atoms with Gasteiger partial charge in [0.05, 0.1) is 12.2 Å². The Morgan fingerprint density at radius 2 is 1.94 bits per heavy atom. The summed E-state index contributed by atoms with van der Waals surface area (Å²) in [5.74, 6) is 0. The first kappa shape index (κ1) is 13.4. The summed E-state index contributed by atoms with van der Waals surface area (Å²) < 4.78 is -0.222. The highest BCUT2D eigenvalue weighted by atomic mass is 35.5. The van der Waals surface area contributed by atoms with Crippen LogP contribution >= 0.6 is 11.6 Å². The molecule has 2 atom stereocenters. The van der Waals surface area contributed by atoms with E-state index in [2.05, 4.69) is 0 Å². The second kappa shape index (κ2) is 4.55. The molecule has 0 amide bonds. The molecule has 1 heterocycles. The fraction of sp³-hybridized carbons (Fsp3) is 0.385. The van der Waals surface area contributed by atoms with Gasteiger partial charge in [0, 0.05) is 17.6 Å². The number of nitrogens with two attached hydrogens (primary N) is 1. The van der Waals surface area contributed by atoms with E-state index in [0.29, 0.717) is 11.6 Å². The van der Waals surface area contributed by atoms with Gasteiger partial charge in [-0.05, 0) is 31.2 Å². The molecule has 98 valence electrons. The molecule has 2 unspecified atom stereocenters. The number of likely N-dealkylation sites (N-methyl/N-ethyl adjacent to an activating group) is 1. The van der Waals surface area contributed by atoms with E-state index in [1.54, 1.807) is 7.05 Å². The molecule has 18 heavy (non-hydrogen) atoms. The van der Waals surface area contributed by atoms with E-state index in [9.17, 15) is 5.21 Å². The van der Waals surface area contributed by atoms with Gasteiger partial charge in [0.2, 0.25) is 6.17 Å². The molecule has 0 saturated heterocycles. The van der Waals surface area contributed by atoms with Crippen LogP contribution in [0.5, 0.6) is 0 Å². The Bertz CT molecular complexity index is 482. The molecule has 0 fully saturated rings. The molecule has 0 aliphatic carbocycles. The average molecular weight is 269 g/mol. The van der Waals surface area contributed by atoms with Gasteiger partial charge in [-0.2, -0.15) is 0 Å². The third-order valence-corrected chi connectivity index (χ3v) is 3.95. The van der Waals surface area contributed by atoms with Gasteiger partial charge in [-0.1, -0.05) is 11.6 Å². The lowest BCUT2D eigenvalue weighted by Gasteiger charge is -2.32. The summed E-state index contributed by atoms with van der Waals surface area (Å²) in [6.07, 6.45) is -0.180. The average Bonchev–Trinajstić information content (AvgIpc) is 2.48. The summed E-state index contributed by atoms with van der Waals surface area (Å²) in [5.41, 5.74) is 8.60. The van der Waals surface area contributed by atoms with Crippen LogP contribution in [0, 0.1) is 0 Å². The monoisotopic (exact) mass is 268 g/mol. The van der Waals surface area contributed by atoms with Gasteiger partial charge in [-0.3, -0.25) is 0 Å². The van der Waals surface area contributed by atoms with Crippen molar-refractivity contribution < 1.29 is 9.85 Å². The molecule has 3 N–H and O–H groups in total. The molecule has 0 spiro atoms. The number of hydrogen-bond acceptors (Lipinski definition) is 3. The van der Waals surface area contributed by atoms with E-state index in [1.165, 1.54) is 0 Å². The van der Waals surface area contributed by atoms with Crippen LogP contribution in [0.2, 0.25) is 5.02 Å². The summed E-state index contributed by atoms with van der Waals surface area (Å²) in [7, 11) is 3.72. The molecule has 1 aliphatic rings.